The lowest BCUT2D eigenvalue weighted by Gasteiger charge is -2.26. The topological polar surface area (TPSA) is 61.4 Å². The number of nitrogens with one attached hydrogen (secondary N) is 2. The quantitative estimate of drug-likeness (QED) is 0.722. The summed E-state index contributed by atoms with van der Waals surface area (Å²) in [7, 11) is 0. The molecular weight excluding hydrogens is 358 g/mol. The number of hydrogen-bond acceptors (Lipinski definition) is 4. The molecule has 0 aromatic heterocycles. The largest absolute Gasteiger partial charge is 0.342 e. The molecule has 140 valence electrons. The van der Waals surface area contributed by atoms with E-state index in [4.69, 9.17) is 0 Å². The van der Waals surface area contributed by atoms with Crippen LogP contribution >= 0.6 is 24.2 Å². The van der Waals surface area contributed by atoms with Gasteiger partial charge in [0.2, 0.25) is 11.8 Å². The van der Waals surface area contributed by atoms with Gasteiger partial charge in [-0.2, -0.15) is 0 Å². The summed E-state index contributed by atoms with van der Waals surface area (Å²) in [6.07, 6.45) is 3.41. The minimum absolute atomic E-state index is 0. The number of benzene rings is 1. The first-order valence-corrected chi connectivity index (χ1v) is 9.80. The Hall–Kier alpha value is -1.24. The van der Waals surface area contributed by atoms with Crippen molar-refractivity contribution in [3.63, 3.8) is 0 Å². The molecular formula is C18H28ClN3O2S. The molecule has 1 saturated heterocycles. The van der Waals surface area contributed by atoms with Gasteiger partial charge in [-0.1, -0.05) is 25.1 Å². The molecule has 0 saturated carbocycles. The van der Waals surface area contributed by atoms with Gasteiger partial charge in [0, 0.05) is 25.3 Å². The highest BCUT2D eigenvalue weighted by molar-refractivity contribution is 8.00. The second-order valence-electron chi connectivity index (χ2n) is 5.92. The van der Waals surface area contributed by atoms with Crippen LogP contribution in [-0.2, 0) is 16.1 Å². The number of thioether (sulfide) groups is 1. The number of amides is 2. The zero-order valence-electron chi connectivity index (χ0n) is 14.8. The summed E-state index contributed by atoms with van der Waals surface area (Å²) in [4.78, 5) is 26.1. The third-order valence-electron chi connectivity index (χ3n) is 4.02. The molecule has 25 heavy (non-hydrogen) atoms. The van der Waals surface area contributed by atoms with E-state index in [-0.39, 0.29) is 24.2 Å². The van der Waals surface area contributed by atoms with Gasteiger partial charge in [-0.15, -0.1) is 24.2 Å². The van der Waals surface area contributed by atoms with E-state index in [9.17, 15) is 9.59 Å². The number of halogens is 1. The lowest BCUT2D eigenvalue weighted by Crippen LogP contribution is -2.37. The van der Waals surface area contributed by atoms with Crippen molar-refractivity contribution in [2.75, 3.05) is 36.5 Å². The highest BCUT2D eigenvalue weighted by atomic mass is 35.5. The molecule has 1 aromatic carbocycles. The SMILES string of the molecule is CCNCc1ccccc1NC(=O)CSCC(=O)N1CCCCC1.Cl. The van der Waals surface area contributed by atoms with Gasteiger partial charge >= 0.3 is 0 Å². The molecule has 0 unspecified atom stereocenters. The molecule has 2 N–H and O–H groups in total. The summed E-state index contributed by atoms with van der Waals surface area (Å²) in [5, 5.41) is 6.21. The van der Waals surface area contributed by atoms with Crippen LogP contribution in [0.25, 0.3) is 0 Å². The summed E-state index contributed by atoms with van der Waals surface area (Å²) in [6, 6.07) is 7.80. The summed E-state index contributed by atoms with van der Waals surface area (Å²) in [5.41, 5.74) is 1.91. The van der Waals surface area contributed by atoms with E-state index in [2.05, 4.69) is 17.6 Å². The lowest BCUT2D eigenvalue weighted by atomic mass is 10.1. The highest BCUT2D eigenvalue weighted by Crippen LogP contribution is 2.16. The average Bonchev–Trinajstić information content (AvgIpc) is 2.61. The van der Waals surface area contributed by atoms with Crippen LogP contribution in [0.2, 0.25) is 0 Å². The molecule has 5 nitrogen and oxygen atoms in total. The minimum Gasteiger partial charge on any atom is -0.342 e. The first-order chi connectivity index (χ1) is 11.7. The first-order valence-electron chi connectivity index (χ1n) is 8.64. The van der Waals surface area contributed by atoms with Gasteiger partial charge in [0.15, 0.2) is 0 Å². The number of likely N-dealkylation sites (tertiary alicyclic amines) is 1. The predicted octanol–water partition coefficient (Wildman–Crippen LogP) is 2.90. The van der Waals surface area contributed by atoms with Crippen molar-refractivity contribution in [2.45, 2.75) is 32.7 Å². The van der Waals surface area contributed by atoms with Gasteiger partial charge in [0.1, 0.15) is 0 Å². The van der Waals surface area contributed by atoms with E-state index < -0.39 is 0 Å². The van der Waals surface area contributed by atoms with Gasteiger partial charge in [0.05, 0.1) is 11.5 Å². The average molecular weight is 386 g/mol. The van der Waals surface area contributed by atoms with Crippen LogP contribution in [0.5, 0.6) is 0 Å². The predicted molar refractivity (Wildman–Crippen MR) is 107 cm³/mol. The fourth-order valence-corrected chi connectivity index (χ4v) is 3.42. The number of carbonyl (C=O) groups is 2. The standard InChI is InChI=1S/C18H27N3O2S.ClH/c1-2-19-12-15-8-4-5-9-16(15)20-17(22)13-24-14-18(23)21-10-6-3-7-11-21;/h4-5,8-9,19H,2-3,6-7,10-14H2,1H3,(H,20,22);1H. The minimum atomic E-state index is -0.0598. The Balaban J connectivity index is 0.00000312. The molecule has 1 aromatic rings. The van der Waals surface area contributed by atoms with Crippen LogP contribution in [0.1, 0.15) is 31.7 Å². The van der Waals surface area contributed by atoms with E-state index in [1.165, 1.54) is 18.2 Å². The first kappa shape index (κ1) is 21.8. The molecule has 1 aliphatic rings. The van der Waals surface area contributed by atoms with Gasteiger partial charge < -0.3 is 15.5 Å². The summed E-state index contributed by atoms with van der Waals surface area (Å²) < 4.78 is 0. The van der Waals surface area contributed by atoms with Gasteiger partial charge in [-0.05, 0) is 37.4 Å². The summed E-state index contributed by atoms with van der Waals surface area (Å²) in [6.45, 7) is 5.40. The Kier molecular flexibility index (Phi) is 10.6. The maximum absolute atomic E-state index is 12.1. The molecule has 0 radical (unpaired) electrons. The molecule has 0 spiro atoms. The second kappa shape index (κ2) is 12.2. The molecule has 0 atom stereocenters. The smallest absolute Gasteiger partial charge is 0.234 e. The van der Waals surface area contributed by atoms with Crippen LogP contribution in [-0.4, -0.2) is 47.9 Å². The number of nitrogens with zero attached hydrogens (tertiary/aromatic N) is 1. The Bertz CT molecular complexity index is 551. The molecule has 1 fully saturated rings. The number of piperidine rings is 1. The fourth-order valence-electron chi connectivity index (χ4n) is 2.71. The van der Waals surface area contributed by atoms with Crippen molar-refractivity contribution < 1.29 is 9.59 Å². The summed E-state index contributed by atoms with van der Waals surface area (Å²) in [5.74, 6) is 0.775. The number of carbonyl (C=O) groups excluding carboxylic acids is 2. The normalized spacial score (nSPS) is 13.9. The molecule has 1 heterocycles. The maximum Gasteiger partial charge on any atom is 0.234 e. The van der Waals surface area contributed by atoms with Gasteiger partial charge in [-0.25, -0.2) is 0 Å². The number of rotatable bonds is 8. The molecule has 0 bridgehead atoms. The number of hydrogen-bond donors (Lipinski definition) is 2. The molecule has 1 aliphatic heterocycles. The molecule has 2 rings (SSSR count). The Morgan fingerprint density at radius 1 is 1.12 bits per heavy atom. The molecule has 7 heteroatoms. The third-order valence-corrected chi connectivity index (χ3v) is 4.94. The number of para-hydroxylation sites is 1. The van der Waals surface area contributed by atoms with Crippen LogP contribution in [0.15, 0.2) is 24.3 Å². The van der Waals surface area contributed by atoms with Crippen molar-refractivity contribution in [1.82, 2.24) is 10.2 Å². The second-order valence-corrected chi connectivity index (χ2v) is 6.91. The monoisotopic (exact) mass is 385 g/mol. The van der Waals surface area contributed by atoms with Crippen molar-refractivity contribution in [2.24, 2.45) is 0 Å². The maximum atomic E-state index is 12.1. The van der Waals surface area contributed by atoms with Crippen LogP contribution < -0.4 is 10.6 Å². The zero-order chi connectivity index (χ0) is 17.2. The van der Waals surface area contributed by atoms with Crippen LogP contribution in [0, 0.1) is 0 Å². The van der Waals surface area contributed by atoms with Gasteiger partial charge in [-0.3, -0.25) is 9.59 Å². The molecule has 2 amide bonds. The van der Waals surface area contributed by atoms with Gasteiger partial charge in [0.25, 0.3) is 0 Å². The van der Waals surface area contributed by atoms with Crippen molar-refractivity contribution in [3.05, 3.63) is 29.8 Å². The van der Waals surface area contributed by atoms with E-state index in [0.29, 0.717) is 11.5 Å². The zero-order valence-corrected chi connectivity index (χ0v) is 16.4. The highest BCUT2D eigenvalue weighted by Gasteiger charge is 2.16. The fraction of sp³-hybridized carbons (Fsp3) is 0.556. The Labute approximate surface area is 160 Å². The lowest BCUT2D eigenvalue weighted by molar-refractivity contribution is -0.129. The number of anilines is 1. The van der Waals surface area contributed by atoms with Crippen molar-refractivity contribution >= 4 is 41.7 Å². The van der Waals surface area contributed by atoms with E-state index in [1.807, 2.05) is 29.2 Å². The van der Waals surface area contributed by atoms with Crippen molar-refractivity contribution in [3.8, 4) is 0 Å². The van der Waals surface area contributed by atoms with Crippen molar-refractivity contribution in [1.29, 1.82) is 0 Å². The van der Waals surface area contributed by atoms with Crippen LogP contribution in [0.4, 0.5) is 5.69 Å². The van der Waals surface area contributed by atoms with Crippen LogP contribution in [0.3, 0.4) is 0 Å². The third kappa shape index (κ3) is 7.67. The summed E-state index contributed by atoms with van der Waals surface area (Å²) >= 11 is 1.39. The Morgan fingerprint density at radius 2 is 1.84 bits per heavy atom. The van der Waals surface area contributed by atoms with E-state index >= 15 is 0 Å². The van der Waals surface area contributed by atoms with E-state index in [1.54, 1.807) is 0 Å². The Morgan fingerprint density at radius 3 is 2.56 bits per heavy atom. The van der Waals surface area contributed by atoms with E-state index in [0.717, 1.165) is 50.3 Å². The molecule has 0 aliphatic carbocycles.